The molecule has 4 nitrogen and oxygen atoms in total. The van der Waals surface area contributed by atoms with Gasteiger partial charge in [0, 0.05) is 12.1 Å². The number of benzene rings is 1. The van der Waals surface area contributed by atoms with Gasteiger partial charge in [-0.3, -0.25) is 9.59 Å². The Hall–Kier alpha value is -1.84. The highest BCUT2D eigenvalue weighted by molar-refractivity contribution is 5.97. The van der Waals surface area contributed by atoms with Gasteiger partial charge in [-0.15, -0.1) is 0 Å². The van der Waals surface area contributed by atoms with E-state index < -0.39 is 6.04 Å². The molecule has 0 saturated carbocycles. The van der Waals surface area contributed by atoms with Crippen LogP contribution in [-0.2, 0) is 4.79 Å². The van der Waals surface area contributed by atoms with Gasteiger partial charge in [0.05, 0.1) is 0 Å². The molecule has 20 heavy (non-hydrogen) atoms. The van der Waals surface area contributed by atoms with E-state index >= 15 is 0 Å². The van der Waals surface area contributed by atoms with Crippen LogP contribution >= 0.6 is 0 Å². The van der Waals surface area contributed by atoms with Crippen LogP contribution in [0.15, 0.2) is 30.3 Å². The standard InChI is InChI=1S/C16H24N2O2/c1-4-8-14(16(20)17-11-12(2)3)18-15(19)13-9-6-5-7-10-13/h5-7,9-10,12,14H,4,8,11H2,1-3H3,(H,17,20)(H,18,19)/t14-/m0/s1. The van der Waals surface area contributed by atoms with E-state index in [1.165, 1.54) is 0 Å². The van der Waals surface area contributed by atoms with Crippen LogP contribution in [0.2, 0.25) is 0 Å². The summed E-state index contributed by atoms with van der Waals surface area (Å²) in [6.07, 6.45) is 1.48. The van der Waals surface area contributed by atoms with Crippen molar-refractivity contribution < 1.29 is 9.59 Å². The lowest BCUT2D eigenvalue weighted by Gasteiger charge is -2.18. The molecule has 1 rings (SSSR count). The maximum Gasteiger partial charge on any atom is 0.251 e. The van der Waals surface area contributed by atoms with E-state index in [2.05, 4.69) is 10.6 Å². The van der Waals surface area contributed by atoms with E-state index in [1.807, 2.05) is 39.0 Å². The first-order chi connectivity index (χ1) is 9.54. The van der Waals surface area contributed by atoms with Crippen LogP contribution in [0.5, 0.6) is 0 Å². The van der Waals surface area contributed by atoms with Gasteiger partial charge in [-0.1, -0.05) is 45.4 Å². The Morgan fingerprint density at radius 2 is 1.80 bits per heavy atom. The summed E-state index contributed by atoms with van der Waals surface area (Å²) in [5, 5.41) is 5.68. The second-order valence-electron chi connectivity index (χ2n) is 5.32. The zero-order valence-corrected chi connectivity index (χ0v) is 12.5. The summed E-state index contributed by atoms with van der Waals surface area (Å²) in [5.41, 5.74) is 0.574. The minimum Gasteiger partial charge on any atom is -0.354 e. The Balaban J connectivity index is 2.62. The Morgan fingerprint density at radius 1 is 1.15 bits per heavy atom. The molecule has 0 saturated heterocycles. The highest BCUT2D eigenvalue weighted by atomic mass is 16.2. The predicted molar refractivity (Wildman–Crippen MR) is 80.5 cm³/mol. The average Bonchev–Trinajstić information content (AvgIpc) is 2.45. The lowest BCUT2D eigenvalue weighted by Crippen LogP contribution is -2.47. The normalized spacial score (nSPS) is 12.0. The molecule has 0 spiro atoms. The lowest BCUT2D eigenvalue weighted by molar-refractivity contribution is -0.123. The molecule has 0 heterocycles. The van der Waals surface area contributed by atoms with Gasteiger partial charge in [0.15, 0.2) is 0 Å². The fraction of sp³-hybridized carbons (Fsp3) is 0.500. The third kappa shape index (κ3) is 5.43. The third-order valence-electron chi connectivity index (χ3n) is 2.92. The molecule has 110 valence electrons. The van der Waals surface area contributed by atoms with Crippen molar-refractivity contribution in [2.24, 2.45) is 5.92 Å². The lowest BCUT2D eigenvalue weighted by atomic mass is 10.1. The molecule has 1 aromatic rings. The van der Waals surface area contributed by atoms with E-state index in [0.29, 0.717) is 24.4 Å². The summed E-state index contributed by atoms with van der Waals surface area (Å²) in [7, 11) is 0. The second kappa shape index (κ2) is 8.35. The van der Waals surface area contributed by atoms with Crippen LogP contribution in [0.25, 0.3) is 0 Å². The zero-order valence-electron chi connectivity index (χ0n) is 12.5. The molecule has 0 aromatic heterocycles. The molecule has 0 fully saturated rings. The fourth-order valence-corrected chi connectivity index (χ4v) is 1.82. The minimum atomic E-state index is -0.466. The Bertz CT molecular complexity index is 429. The number of nitrogens with one attached hydrogen (secondary N) is 2. The van der Waals surface area contributed by atoms with Gasteiger partial charge >= 0.3 is 0 Å². The maximum absolute atomic E-state index is 12.1. The zero-order chi connectivity index (χ0) is 15.0. The van der Waals surface area contributed by atoms with Gasteiger partial charge in [-0.25, -0.2) is 0 Å². The summed E-state index contributed by atoms with van der Waals surface area (Å²) in [5.74, 6) is 0.0830. The Kier molecular flexibility index (Phi) is 6.77. The largest absolute Gasteiger partial charge is 0.354 e. The van der Waals surface area contributed by atoms with Crippen molar-refractivity contribution in [2.75, 3.05) is 6.54 Å². The number of carbonyl (C=O) groups is 2. The van der Waals surface area contributed by atoms with Gasteiger partial charge in [-0.05, 0) is 24.5 Å². The highest BCUT2D eigenvalue weighted by Gasteiger charge is 2.20. The number of hydrogen-bond donors (Lipinski definition) is 2. The van der Waals surface area contributed by atoms with Gasteiger partial charge in [0.2, 0.25) is 5.91 Å². The smallest absolute Gasteiger partial charge is 0.251 e. The van der Waals surface area contributed by atoms with E-state index in [4.69, 9.17) is 0 Å². The van der Waals surface area contributed by atoms with Gasteiger partial charge < -0.3 is 10.6 Å². The van der Waals surface area contributed by atoms with Gasteiger partial charge in [0.1, 0.15) is 6.04 Å². The molecular formula is C16H24N2O2. The molecule has 2 N–H and O–H groups in total. The summed E-state index contributed by atoms with van der Waals surface area (Å²) < 4.78 is 0. The molecule has 1 atom stereocenters. The molecule has 2 amide bonds. The molecule has 4 heteroatoms. The number of carbonyl (C=O) groups excluding carboxylic acids is 2. The van der Waals surface area contributed by atoms with Crippen LogP contribution < -0.4 is 10.6 Å². The molecular weight excluding hydrogens is 252 g/mol. The molecule has 0 radical (unpaired) electrons. The first-order valence-electron chi connectivity index (χ1n) is 7.18. The third-order valence-corrected chi connectivity index (χ3v) is 2.92. The van der Waals surface area contributed by atoms with Crippen LogP contribution in [0, 0.1) is 5.92 Å². The first-order valence-corrected chi connectivity index (χ1v) is 7.18. The van der Waals surface area contributed by atoms with Crippen molar-refractivity contribution in [3.63, 3.8) is 0 Å². The minimum absolute atomic E-state index is 0.107. The fourth-order valence-electron chi connectivity index (χ4n) is 1.82. The molecule has 0 aliphatic heterocycles. The van der Waals surface area contributed by atoms with Crippen LogP contribution in [0.3, 0.4) is 0 Å². The van der Waals surface area contributed by atoms with E-state index in [-0.39, 0.29) is 11.8 Å². The van der Waals surface area contributed by atoms with Crippen molar-refractivity contribution in [1.29, 1.82) is 0 Å². The molecule has 0 unspecified atom stereocenters. The van der Waals surface area contributed by atoms with Gasteiger partial charge in [0.25, 0.3) is 5.91 Å². The topological polar surface area (TPSA) is 58.2 Å². The predicted octanol–water partition coefficient (Wildman–Crippen LogP) is 2.36. The Labute approximate surface area is 121 Å². The van der Waals surface area contributed by atoms with Crippen molar-refractivity contribution in [3.05, 3.63) is 35.9 Å². The molecule has 1 aromatic carbocycles. The van der Waals surface area contributed by atoms with Crippen LogP contribution in [-0.4, -0.2) is 24.4 Å². The highest BCUT2D eigenvalue weighted by Crippen LogP contribution is 2.03. The number of hydrogen-bond acceptors (Lipinski definition) is 2. The molecule has 0 aliphatic carbocycles. The van der Waals surface area contributed by atoms with Crippen molar-refractivity contribution >= 4 is 11.8 Å². The summed E-state index contributed by atoms with van der Waals surface area (Å²) in [6.45, 7) is 6.70. The van der Waals surface area contributed by atoms with E-state index in [1.54, 1.807) is 12.1 Å². The van der Waals surface area contributed by atoms with Crippen molar-refractivity contribution in [3.8, 4) is 0 Å². The van der Waals surface area contributed by atoms with Crippen LogP contribution in [0.1, 0.15) is 44.0 Å². The van der Waals surface area contributed by atoms with E-state index in [0.717, 1.165) is 6.42 Å². The monoisotopic (exact) mass is 276 g/mol. The van der Waals surface area contributed by atoms with Crippen LogP contribution in [0.4, 0.5) is 0 Å². The summed E-state index contributed by atoms with van der Waals surface area (Å²) in [4.78, 5) is 24.2. The molecule has 0 aliphatic rings. The first kappa shape index (κ1) is 16.2. The molecule has 0 bridgehead atoms. The number of amides is 2. The Morgan fingerprint density at radius 3 is 2.35 bits per heavy atom. The van der Waals surface area contributed by atoms with Crippen molar-refractivity contribution in [2.45, 2.75) is 39.7 Å². The maximum atomic E-state index is 12.1. The second-order valence-corrected chi connectivity index (χ2v) is 5.32. The quantitative estimate of drug-likeness (QED) is 0.803. The van der Waals surface area contributed by atoms with Gasteiger partial charge in [-0.2, -0.15) is 0 Å². The SMILES string of the molecule is CCC[C@H](NC(=O)c1ccccc1)C(=O)NCC(C)C. The van der Waals surface area contributed by atoms with E-state index in [9.17, 15) is 9.59 Å². The number of rotatable bonds is 7. The van der Waals surface area contributed by atoms with Crippen molar-refractivity contribution in [1.82, 2.24) is 10.6 Å². The summed E-state index contributed by atoms with van der Waals surface area (Å²) >= 11 is 0. The average molecular weight is 276 g/mol. The summed E-state index contributed by atoms with van der Waals surface area (Å²) in [6, 6.07) is 8.49.